The van der Waals surface area contributed by atoms with Crippen LogP contribution in [-0.2, 0) is 0 Å². The number of hydrogen-bond acceptors (Lipinski definition) is 3. The molecule has 0 aromatic carbocycles. The normalized spacial score (nSPS) is 26.0. The minimum absolute atomic E-state index is 0.525. The minimum Gasteiger partial charge on any atom is -0.383 e. The summed E-state index contributed by atoms with van der Waals surface area (Å²) >= 11 is 0. The second-order valence-corrected chi connectivity index (χ2v) is 5.79. The molecule has 1 aliphatic rings. The van der Waals surface area contributed by atoms with Gasteiger partial charge in [-0.3, -0.25) is 0 Å². The summed E-state index contributed by atoms with van der Waals surface area (Å²) in [7, 11) is 0. The Balaban J connectivity index is 1.98. The maximum absolute atomic E-state index is 6.02. The van der Waals surface area contributed by atoms with Crippen molar-refractivity contribution >= 4 is 5.82 Å². The first-order valence-electron chi connectivity index (χ1n) is 7.45. The molecule has 0 saturated heterocycles. The molecule has 0 bridgehead atoms. The van der Waals surface area contributed by atoms with Gasteiger partial charge < -0.3 is 10.3 Å². The molecular formula is C16H22N4. The molecule has 4 nitrogen and oxygen atoms in total. The predicted molar refractivity (Wildman–Crippen MR) is 81.1 cm³/mol. The number of nitrogens with zero attached hydrogens (tertiary/aromatic N) is 3. The molecule has 0 spiro atoms. The Hall–Kier alpha value is -1.84. The topological polar surface area (TPSA) is 56.7 Å². The Morgan fingerprint density at radius 3 is 2.95 bits per heavy atom. The van der Waals surface area contributed by atoms with E-state index in [9.17, 15) is 0 Å². The van der Waals surface area contributed by atoms with E-state index in [-0.39, 0.29) is 0 Å². The Kier molecular flexibility index (Phi) is 3.47. The second-order valence-electron chi connectivity index (χ2n) is 5.79. The lowest BCUT2D eigenvalue weighted by molar-refractivity contribution is 0.331. The van der Waals surface area contributed by atoms with E-state index in [0.29, 0.717) is 17.8 Å². The molecule has 4 heteroatoms. The molecule has 3 atom stereocenters. The van der Waals surface area contributed by atoms with Gasteiger partial charge in [-0.2, -0.15) is 0 Å². The fourth-order valence-electron chi connectivity index (χ4n) is 3.60. The van der Waals surface area contributed by atoms with Gasteiger partial charge >= 0.3 is 0 Å². The van der Waals surface area contributed by atoms with Gasteiger partial charge in [0, 0.05) is 17.8 Å². The molecule has 3 unspecified atom stereocenters. The van der Waals surface area contributed by atoms with Crippen LogP contribution in [0.25, 0.3) is 11.3 Å². The highest BCUT2D eigenvalue weighted by molar-refractivity contribution is 5.70. The summed E-state index contributed by atoms with van der Waals surface area (Å²) in [5.41, 5.74) is 8.09. The molecular weight excluding hydrogens is 248 g/mol. The quantitative estimate of drug-likeness (QED) is 0.928. The van der Waals surface area contributed by atoms with Crippen molar-refractivity contribution in [3.63, 3.8) is 0 Å². The van der Waals surface area contributed by atoms with Crippen LogP contribution in [0.3, 0.4) is 0 Å². The SMILES string of the molecule is CCC1CCC(n2cncc2-c2cccnc2N)C1C. The van der Waals surface area contributed by atoms with Gasteiger partial charge in [0.2, 0.25) is 0 Å². The van der Waals surface area contributed by atoms with Crippen molar-refractivity contribution in [2.24, 2.45) is 11.8 Å². The van der Waals surface area contributed by atoms with Crippen LogP contribution in [0.2, 0.25) is 0 Å². The molecule has 2 heterocycles. The number of pyridine rings is 1. The number of anilines is 1. The van der Waals surface area contributed by atoms with Crippen molar-refractivity contribution < 1.29 is 0 Å². The monoisotopic (exact) mass is 270 g/mol. The second kappa shape index (κ2) is 5.27. The summed E-state index contributed by atoms with van der Waals surface area (Å²) in [5, 5.41) is 0. The zero-order valence-corrected chi connectivity index (χ0v) is 12.2. The lowest BCUT2D eigenvalue weighted by Gasteiger charge is -2.23. The summed E-state index contributed by atoms with van der Waals surface area (Å²) in [4.78, 5) is 8.54. The van der Waals surface area contributed by atoms with Crippen LogP contribution < -0.4 is 5.73 Å². The molecule has 0 aliphatic heterocycles. The molecule has 2 aromatic heterocycles. The van der Waals surface area contributed by atoms with Crippen LogP contribution in [-0.4, -0.2) is 14.5 Å². The molecule has 20 heavy (non-hydrogen) atoms. The molecule has 1 fully saturated rings. The summed E-state index contributed by atoms with van der Waals surface area (Å²) in [6, 6.07) is 4.47. The zero-order valence-electron chi connectivity index (χ0n) is 12.2. The van der Waals surface area contributed by atoms with Gasteiger partial charge in [-0.25, -0.2) is 9.97 Å². The molecule has 2 N–H and O–H groups in total. The Labute approximate surface area is 120 Å². The average molecular weight is 270 g/mol. The summed E-state index contributed by atoms with van der Waals surface area (Å²) in [6.45, 7) is 4.65. The molecule has 2 aromatic rings. The lowest BCUT2D eigenvalue weighted by atomic mass is 9.93. The summed E-state index contributed by atoms with van der Waals surface area (Å²) < 4.78 is 2.30. The summed E-state index contributed by atoms with van der Waals surface area (Å²) in [6.07, 6.45) is 9.37. The Bertz CT molecular complexity index is 590. The molecule has 1 saturated carbocycles. The minimum atomic E-state index is 0.525. The largest absolute Gasteiger partial charge is 0.383 e. The van der Waals surface area contributed by atoms with Crippen LogP contribution in [0.1, 0.15) is 39.2 Å². The van der Waals surface area contributed by atoms with Crippen molar-refractivity contribution in [3.8, 4) is 11.3 Å². The van der Waals surface area contributed by atoms with E-state index in [4.69, 9.17) is 5.73 Å². The fraction of sp³-hybridized carbons (Fsp3) is 0.500. The van der Waals surface area contributed by atoms with E-state index in [2.05, 4.69) is 28.4 Å². The Morgan fingerprint density at radius 2 is 2.25 bits per heavy atom. The van der Waals surface area contributed by atoms with Crippen molar-refractivity contribution in [2.45, 2.75) is 39.2 Å². The molecule has 1 aliphatic carbocycles. The summed E-state index contributed by atoms with van der Waals surface area (Å²) in [5.74, 6) is 2.08. The average Bonchev–Trinajstić information content (AvgIpc) is 3.05. The van der Waals surface area contributed by atoms with Gasteiger partial charge in [-0.15, -0.1) is 0 Å². The van der Waals surface area contributed by atoms with Gasteiger partial charge in [0.05, 0.1) is 18.2 Å². The van der Waals surface area contributed by atoms with Gasteiger partial charge in [-0.1, -0.05) is 20.3 Å². The number of rotatable bonds is 3. The van der Waals surface area contributed by atoms with E-state index >= 15 is 0 Å². The highest BCUT2D eigenvalue weighted by Crippen LogP contribution is 2.43. The third-order valence-electron chi connectivity index (χ3n) is 4.85. The number of hydrogen-bond donors (Lipinski definition) is 1. The smallest absolute Gasteiger partial charge is 0.132 e. The molecule has 106 valence electrons. The van der Waals surface area contributed by atoms with Crippen LogP contribution >= 0.6 is 0 Å². The van der Waals surface area contributed by atoms with Gasteiger partial charge in [0.15, 0.2) is 0 Å². The van der Waals surface area contributed by atoms with Crippen molar-refractivity contribution in [1.29, 1.82) is 0 Å². The van der Waals surface area contributed by atoms with Crippen LogP contribution in [0.4, 0.5) is 5.82 Å². The third-order valence-corrected chi connectivity index (χ3v) is 4.85. The maximum Gasteiger partial charge on any atom is 0.132 e. The van der Waals surface area contributed by atoms with Crippen LogP contribution in [0.5, 0.6) is 0 Å². The van der Waals surface area contributed by atoms with Gasteiger partial charge in [-0.05, 0) is 36.8 Å². The predicted octanol–water partition coefficient (Wildman–Crippen LogP) is 3.52. The van der Waals surface area contributed by atoms with Gasteiger partial charge in [0.1, 0.15) is 5.82 Å². The van der Waals surface area contributed by atoms with Crippen molar-refractivity contribution in [2.75, 3.05) is 5.73 Å². The highest BCUT2D eigenvalue weighted by atomic mass is 15.1. The lowest BCUT2D eigenvalue weighted by Crippen LogP contribution is -2.16. The maximum atomic E-state index is 6.02. The van der Waals surface area contributed by atoms with E-state index in [1.165, 1.54) is 19.3 Å². The third kappa shape index (κ3) is 2.09. The first-order chi connectivity index (χ1) is 9.72. The number of nitrogen functional groups attached to an aromatic ring is 1. The van der Waals surface area contributed by atoms with Gasteiger partial charge in [0.25, 0.3) is 0 Å². The van der Waals surface area contributed by atoms with E-state index in [1.807, 2.05) is 24.7 Å². The van der Waals surface area contributed by atoms with E-state index in [1.54, 1.807) is 6.20 Å². The van der Waals surface area contributed by atoms with E-state index in [0.717, 1.165) is 17.2 Å². The van der Waals surface area contributed by atoms with Crippen LogP contribution in [0.15, 0.2) is 30.9 Å². The van der Waals surface area contributed by atoms with Crippen molar-refractivity contribution in [1.82, 2.24) is 14.5 Å². The van der Waals surface area contributed by atoms with Crippen LogP contribution in [0, 0.1) is 11.8 Å². The van der Waals surface area contributed by atoms with E-state index < -0.39 is 0 Å². The van der Waals surface area contributed by atoms with Crippen molar-refractivity contribution in [3.05, 3.63) is 30.9 Å². The molecule has 0 radical (unpaired) electrons. The first kappa shape index (κ1) is 13.2. The molecule has 0 amide bonds. The first-order valence-corrected chi connectivity index (χ1v) is 7.45. The molecule has 3 rings (SSSR count). The standard InChI is InChI=1S/C16H22N4/c1-3-12-6-7-14(11(12)2)20-10-18-9-15(20)13-5-4-8-19-16(13)17/h4-5,8-12,14H,3,6-7H2,1-2H3,(H2,17,19). The Morgan fingerprint density at radius 1 is 1.40 bits per heavy atom. The fourth-order valence-corrected chi connectivity index (χ4v) is 3.60. The number of aromatic nitrogens is 3. The number of nitrogens with two attached hydrogens (primary N) is 1. The zero-order chi connectivity index (χ0) is 14.1. The number of imidazole rings is 1. The highest BCUT2D eigenvalue weighted by Gasteiger charge is 2.33.